The maximum absolute atomic E-state index is 10.7. The van der Waals surface area contributed by atoms with E-state index in [9.17, 15) is 4.79 Å². The summed E-state index contributed by atoms with van der Waals surface area (Å²) >= 11 is 5.84. The number of hydrogen-bond acceptors (Lipinski definition) is 2. The van der Waals surface area contributed by atoms with Crippen molar-refractivity contribution in [1.29, 1.82) is 0 Å². The number of aliphatic carboxylic acids is 1. The van der Waals surface area contributed by atoms with E-state index in [1.54, 1.807) is 0 Å². The van der Waals surface area contributed by atoms with Crippen molar-refractivity contribution in [1.82, 2.24) is 0 Å². The van der Waals surface area contributed by atoms with Crippen LogP contribution in [0.15, 0.2) is 24.3 Å². The zero-order chi connectivity index (χ0) is 14.3. The van der Waals surface area contributed by atoms with E-state index in [0.29, 0.717) is 0 Å². The molecular formula is C15H22ClNO2. The average Bonchev–Trinajstić information content (AvgIpc) is 2.36. The highest BCUT2D eigenvalue weighted by molar-refractivity contribution is 6.30. The summed E-state index contributed by atoms with van der Waals surface area (Å²) in [6.45, 7) is 2.06. The van der Waals surface area contributed by atoms with E-state index in [2.05, 4.69) is 6.92 Å². The van der Waals surface area contributed by atoms with Gasteiger partial charge >= 0.3 is 5.97 Å². The predicted molar refractivity (Wildman–Crippen MR) is 78.4 cm³/mol. The van der Waals surface area contributed by atoms with Gasteiger partial charge in [-0.25, -0.2) is 0 Å². The molecule has 0 amide bonds. The second kappa shape index (κ2) is 8.18. The van der Waals surface area contributed by atoms with Crippen LogP contribution < -0.4 is 5.73 Å². The van der Waals surface area contributed by atoms with Gasteiger partial charge in [0.25, 0.3) is 0 Å². The first-order valence-electron chi connectivity index (χ1n) is 6.74. The van der Waals surface area contributed by atoms with E-state index in [1.807, 2.05) is 24.3 Å². The van der Waals surface area contributed by atoms with Crippen LogP contribution in [0.3, 0.4) is 0 Å². The summed E-state index contributed by atoms with van der Waals surface area (Å²) in [7, 11) is 0. The number of rotatable bonds is 8. The van der Waals surface area contributed by atoms with E-state index < -0.39 is 5.97 Å². The summed E-state index contributed by atoms with van der Waals surface area (Å²) in [5.41, 5.74) is 7.19. The van der Waals surface area contributed by atoms with Gasteiger partial charge in [0.15, 0.2) is 0 Å². The number of nitrogens with two attached hydrogens (primary N) is 1. The molecule has 0 aliphatic carbocycles. The Morgan fingerprint density at radius 2 is 2.00 bits per heavy atom. The first kappa shape index (κ1) is 16.0. The van der Waals surface area contributed by atoms with Crippen LogP contribution in [0.1, 0.15) is 38.2 Å². The third-order valence-electron chi connectivity index (χ3n) is 3.49. The minimum absolute atomic E-state index is 0.0550. The number of halogens is 1. The Hall–Kier alpha value is -1.06. The first-order valence-corrected chi connectivity index (χ1v) is 7.12. The highest BCUT2D eigenvalue weighted by Gasteiger charge is 2.18. The van der Waals surface area contributed by atoms with Gasteiger partial charge in [0, 0.05) is 11.1 Å². The molecule has 0 aliphatic heterocycles. The summed E-state index contributed by atoms with van der Waals surface area (Å²) in [6, 6.07) is 7.60. The van der Waals surface area contributed by atoms with Crippen LogP contribution in [0.2, 0.25) is 5.02 Å². The van der Waals surface area contributed by atoms with Gasteiger partial charge in [0.05, 0.1) is 6.42 Å². The van der Waals surface area contributed by atoms with Crippen molar-refractivity contribution in [3.8, 4) is 0 Å². The van der Waals surface area contributed by atoms with Gasteiger partial charge in [0.2, 0.25) is 0 Å². The van der Waals surface area contributed by atoms with Crippen LogP contribution in [0, 0.1) is 5.92 Å². The van der Waals surface area contributed by atoms with Crippen molar-refractivity contribution >= 4 is 17.6 Å². The van der Waals surface area contributed by atoms with E-state index in [-0.39, 0.29) is 18.4 Å². The fourth-order valence-electron chi connectivity index (χ4n) is 2.31. The molecule has 2 atom stereocenters. The highest BCUT2D eigenvalue weighted by atomic mass is 35.5. The molecule has 1 rings (SSSR count). The smallest absolute Gasteiger partial charge is 0.304 e. The van der Waals surface area contributed by atoms with Gasteiger partial charge in [-0.3, -0.25) is 4.79 Å². The van der Waals surface area contributed by atoms with Gasteiger partial charge in [0.1, 0.15) is 0 Å². The van der Waals surface area contributed by atoms with Gasteiger partial charge < -0.3 is 10.8 Å². The fourth-order valence-corrected chi connectivity index (χ4v) is 2.43. The first-order chi connectivity index (χ1) is 9.02. The normalized spacial score (nSPS) is 14.1. The zero-order valence-electron chi connectivity index (χ0n) is 11.3. The van der Waals surface area contributed by atoms with E-state index in [4.69, 9.17) is 22.4 Å². The number of hydrogen-bond donors (Lipinski definition) is 2. The van der Waals surface area contributed by atoms with Crippen LogP contribution in [-0.2, 0) is 11.2 Å². The number of carbonyl (C=O) groups is 1. The lowest BCUT2D eigenvalue weighted by Crippen LogP contribution is -2.32. The zero-order valence-corrected chi connectivity index (χ0v) is 12.1. The summed E-state index contributed by atoms with van der Waals surface area (Å²) in [5, 5.41) is 9.51. The number of aryl methyl sites for hydroxylation is 1. The molecule has 2 unspecified atom stereocenters. The molecule has 0 aliphatic rings. The fraction of sp³-hybridized carbons (Fsp3) is 0.533. The molecule has 106 valence electrons. The molecular weight excluding hydrogens is 262 g/mol. The molecule has 0 saturated heterocycles. The van der Waals surface area contributed by atoms with Gasteiger partial charge in [-0.1, -0.05) is 37.1 Å². The topological polar surface area (TPSA) is 63.3 Å². The monoisotopic (exact) mass is 283 g/mol. The van der Waals surface area contributed by atoms with E-state index >= 15 is 0 Å². The lowest BCUT2D eigenvalue weighted by molar-refractivity contribution is -0.137. The summed E-state index contributed by atoms with van der Waals surface area (Å²) in [4.78, 5) is 10.7. The van der Waals surface area contributed by atoms with Crippen LogP contribution in [0.5, 0.6) is 0 Å². The number of carboxylic acid groups (broad SMARTS) is 1. The molecule has 0 saturated carbocycles. The lowest BCUT2D eigenvalue weighted by Gasteiger charge is -2.21. The maximum Gasteiger partial charge on any atom is 0.304 e. The number of benzene rings is 1. The second-order valence-corrected chi connectivity index (χ2v) is 5.39. The van der Waals surface area contributed by atoms with Crippen LogP contribution in [0.4, 0.5) is 0 Å². The largest absolute Gasteiger partial charge is 0.481 e. The molecule has 1 aromatic carbocycles. The van der Waals surface area contributed by atoms with Gasteiger partial charge in [-0.2, -0.15) is 0 Å². The van der Waals surface area contributed by atoms with E-state index in [0.717, 1.165) is 30.7 Å². The Kier molecular flexibility index (Phi) is 6.89. The molecule has 4 heteroatoms. The molecule has 1 aromatic rings. The molecule has 19 heavy (non-hydrogen) atoms. The molecule has 3 N–H and O–H groups in total. The molecule has 0 spiro atoms. The Morgan fingerprint density at radius 3 is 2.53 bits per heavy atom. The molecule has 0 bridgehead atoms. The Balaban J connectivity index is 2.37. The Morgan fingerprint density at radius 1 is 1.37 bits per heavy atom. The van der Waals surface area contributed by atoms with Gasteiger partial charge in [-0.05, 0) is 42.9 Å². The minimum atomic E-state index is -0.816. The van der Waals surface area contributed by atoms with Crippen molar-refractivity contribution in [2.45, 2.75) is 45.1 Å². The van der Waals surface area contributed by atoms with Crippen molar-refractivity contribution in [2.24, 2.45) is 11.7 Å². The SMILES string of the molecule is CCC(CCCc1ccc(Cl)cc1)C(N)CC(=O)O. The summed E-state index contributed by atoms with van der Waals surface area (Å²) < 4.78 is 0. The molecule has 0 aromatic heterocycles. The highest BCUT2D eigenvalue weighted by Crippen LogP contribution is 2.19. The second-order valence-electron chi connectivity index (χ2n) is 4.95. The maximum atomic E-state index is 10.7. The third kappa shape index (κ3) is 6.08. The quantitative estimate of drug-likeness (QED) is 0.767. The lowest BCUT2D eigenvalue weighted by atomic mass is 9.89. The van der Waals surface area contributed by atoms with Crippen LogP contribution in [0.25, 0.3) is 0 Å². The standard InChI is InChI=1S/C15H22ClNO2/c1-2-12(14(17)10-15(18)19)5-3-4-11-6-8-13(16)9-7-11/h6-9,12,14H,2-5,10,17H2,1H3,(H,18,19). The molecule has 0 heterocycles. The Labute approximate surface area is 119 Å². The van der Waals surface area contributed by atoms with Crippen molar-refractivity contribution in [3.05, 3.63) is 34.9 Å². The average molecular weight is 284 g/mol. The molecule has 0 radical (unpaired) electrons. The third-order valence-corrected chi connectivity index (χ3v) is 3.75. The van der Waals surface area contributed by atoms with Crippen LogP contribution >= 0.6 is 11.6 Å². The molecule has 3 nitrogen and oxygen atoms in total. The van der Waals surface area contributed by atoms with Crippen molar-refractivity contribution in [2.75, 3.05) is 0 Å². The summed E-state index contributed by atoms with van der Waals surface area (Å²) in [5.74, 6) is -0.535. The minimum Gasteiger partial charge on any atom is -0.481 e. The Bertz CT molecular complexity index is 392. The summed E-state index contributed by atoms with van der Waals surface area (Å²) in [6.07, 6.45) is 3.95. The van der Waals surface area contributed by atoms with Crippen LogP contribution in [-0.4, -0.2) is 17.1 Å². The number of carboxylic acids is 1. The van der Waals surface area contributed by atoms with E-state index in [1.165, 1.54) is 5.56 Å². The van der Waals surface area contributed by atoms with Gasteiger partial charge in [-0.15, -0.1) is 0 Å². The van der Waals surface area contributed by atoms with Crippen molar-refractivity contribution in [3.63, 3.8) is 0 Å². The molecule has 0 fully saturated rings. The van der Waals surface area contributed by atoms with Crippen molar-refractivity contribution < 1.29 is 9.90 Å². The predicted octanol–water partition coefficient (Wildman–Crippen LogP) is 3.49.